The molecule has 0 aliphatic heterocycles. The van der Waals surface area contributed by atoms with Gasteiger partial charge in [0.15, 0.2) is 6.61 Å². The Hall–Kier alpha value is -1.27. The van der Waals surface area contributed by atoms with Crippen molar-refractivity contribution in [3.8, 4) is 5.75 Å². The lowest BCUT2D eigenvalue weighted by molar-refractivity contribution is -0.123. The highest BCUT2D eigenvalue weighted by molar-refractivity contribution is 8.13. The number of hydrogen-bond donors (Lipinski definition) is 1. The van der Waals surface area contributed by atoms with E-state index < -0.39 is 9.05 Å². The van der Waals surface area contributed by atoms with Gasteiger partial charge in [0, 0.05) is 16.7 Å². The van der Waals surface area contributed by atoms with Crippen LogP contribution in [0.4, 0.5) is 0 Å². The Morgan fingerprint density at radius 1 is 1.38 bits per heavy atom. The minimum atomic E-state index is -3.76. The van der Waals surface area contributed by atoms with Gasteiger partial charge in [0.25, 0.3) is 15.0 Å². The average molecular weight is 332 g/mol. The number of amides is 1. The van der Waals surface area contributed by atoms with Gasteiger partial charge in [0.05, 0.1) is 4.90 Å². The summed E-state index contributed by atoms with van der Waals surface area (Å²) in [6.45, 7) is 1.55. The average Bonchev–Trinajstić information content (AvgIpc) is 2.87. The number of carbonyl (C=O) groups is 1. The van der Waals surface area contributed by atoms with Crippen LogP contribution in [-0.4, -0.2) is 27.0 Å². The molecule has 7 heteroatoms. The molecule has 1 aromatic carbocycles. The molecule has 21 heavy (non-hydrogen) atoms. The van der Waals surface area contributed by atoms with E-state index in [1.165, 1.54) is 12.1 Å². The van der Waals surface area contributed by atoms with Crippen molar-refractivity contribution in [3.63, 3.8) is 0 Å². The molecule has 0 bridgehead atoms. The Labute approximate surface area is 129 Å². The van der Waals surface area contributed by atoms with E-state index in [4.69, 9.17) is 15.4 Å². The number of hydrogen-bond acceptors (Lipinski definition) is 4. The monoisotopic (exact) mass is 331 g/mol. The number of ether oxygens (including phenoxy) is 1. The van der Waals surface area contributed by atoms with Crippen molar-refractivity contribution in [3.05, 3.63) is 23.8 Å². The fourth-order valence-corrected chi connectivity index (χ4v) is 3.67. The Balaban J connectivity index is 1.91. The fraction of sp³-hybridized carbons (Fsp3) is 0.500. The molecule has 0 aromatic heterocycles. The molecule has 1 saturated carbocycles. The van der Waals surface area contributed by atoms with Crippen LogP contribution >= 0.6 is 10.7 Å². The van der Waals surface area contributed by atoms with E-state index in [0.717, 1.165) is 25.7 Å². The highest BCUT2D eigenvalue weighted by atomic mass is 35.7. The molecule has 1 aliphatic rings. The van der Waals surface area contributed by atoms with Crippen molar-refractivity contribution in [2.24, 2.45) is 0 Å². The zero-order valence-corrected chi connectivity index (χ0v) is 13.3. The summed E-state index contributed by atoms with van der Waals surface area (Å²) >= 11 is 0. The molecule has 1 N–H and O–H groups in total. The number of benzene rings is 1. The van der Waals surface area contributed by atoms with Gasteiger partial charge in [-0.3, -0.25) is 4.79 Å². The predicted molar refractivity (Wildman–Crippen MR) is 80.1 cm³/mol. The maximum absolute atomic E-state index is 11.7. The lowest BCUT2D eigenvalue weighted by atomic mass is 10.2. The topological polar surface area (TPSA) is 72.5 Å². The second kappa shape index (κ2) is 6.66. The number of carbonyl (C=O) groups excluding carboxylic acids is 1. The third kappa shape index (κ3) is 4.61. The second-order valence-corrected chi connectivity index (χ2v) is 7.74. The van der Waals surface area contributed by atoms with Crippen LogP contribution < -0.4 is 10.1 Å². The first kappa shape index (κ1) is 16.1. The quantitative estimate of drug-likeness (QED) is 0.841. The van der Waals surface area contributed by atoms with E-state index in [0.29, 0.717) is 11.3 Å². The summed E-state index contributed by atoms with van der Waals surface area (Å²) in [6, 6.07) is 4.68. The summed E-state index contributed by atoms with van der Waals surface area (Å²) in [7, 11) is 1.55. The molecule has 116 valence electrons. The van der Waals surface area contributed by atoms with Crippen LogP contribution in [0.25, 0.3) is 0 Å². The van der Waals surface area contributed by atoms with E-state index >= 15 is 0 Å². The van der Waals surface area contributed by atoms with Crippen molar-refractivity contribution in [1.82, 2.24) is 5.32 Å². The van der Waals surface area contributed by atoms with Crippen LogP contribution in [0.3, 0.4) is 0 Å². The Morgan fingerprint density at radius 2 is 2.05 bits per heavy atom. The van der Waals surface area contributed by atoms with Gasteiger partial charge in [0.2, 0.25) is 0 Å². The van der Waals surface area contributed by atoms with Gasteiger partial charge in [-0.2, -0.15) is 0 Å². The second-order valence-electron chi connectivity index (χ2n) is 5.20. The van der Waals surface area contributed by atoms with Gasteiger partial charge >= 0.3 is 0 Å². The third-order valence-corrected chi connectivity index (χ3v) is 4.98. The molecule has 0 atom stereocenters. The first-order valence-corrected chi connectivity index (χ1v) is 9.14. The maximum Gasteiger partial charge on any atom is 0.261 e. The van der Waals surface area contributed by atoms with E-state index in [-0.39, 0.29) is 23.5 Å². The van der Waals surface area contributed by atoms with Crippen molar-refractivity contribution in [2.75, 3.05) is 6.61 Å². The number of aryl methyl sites for hydroxylation is 1. The van der Waals surface area contributed by atoms with Crippen LogP contribution in [-0.2, 0) is 13.8 Å². The van der Waals surface area contributed by atoms with Crippen molar-refractivity contribution in [2.45, 2.75) is 43.5 Å². The highest BCUT2D eigenvalue weighted by Gasteiger charge is 2.18. The molecular formula is C14H18ClNO4S. The van der Waals surface area contributed by atoms with Gasteiger partial charge in [-0.15, -0.1) is 0 Å². The smallest absolute Gasteiger partial charge is 0.261 e. The van der Waals surface area contributed by atoms with Crippen LogP contribution in [0.2, 0.25) is 0 Å². The first-order chi connectivity index (χ1) is 9.86. The van der Waals surface area contributed by atoms with E-state index in [1.54, 1.807) is 13.0 Å². The molecule has 2 rings (SSSR count). The van der Waals surface area contributed by atoms with E-state index in [1.807, 2.05) is 0 Å². The van der Waals surface area contributed by atoms with E-state index in [9.17, 15) is 13.2 Å². The molecule has 1 aromatic rings. The normalized spacial score (nSPS) is 15.9. The minimum absolute atomic E-state index is 0.0481. The van der Waals surface area contributed by atoms with Crippen LogP contribution in [0.5, 0.6) is 5.75 Å². The third-order valence-electron chi connectivity index (χ3n) is 3.50. The molecule has 1 amide bonds. The molecule has 0 radical (unpaired) electrons. The number of rotatable bonds is 5. The minimum Gasteiger partial charge on any atom is -0.484 e. The van der Waals surface area contributed by atoms with Gasteiger partial charge in [-0.25, -0.2) is 8.42 Å². The van der Waals surface area contributed by atoms with Crippen LogP contribution in [0.15, 0.2) is 23.1 Å². The Morgan fingerprint density at radius 3 is 2.62 bits per heavy atom. The molecule has 5 nitrogen and oxygen atoms in total. The largest absolute Gasteiger partial charge is 0.484 e. The van der Waals surface area contributed by atoms with Gasteiger partial charge in [-0.1, -0.05) is 12.8 Å². The summed E-state index contributed by atoms with van der Waals surface area (Å²) in [5, 5.41) is 2.92. The molecule has 1 aliphatic carbocycles. The summed E-state index contributed by atoms with van der Waals surface area (Å²) in [6.07, 6.45) is 4.35. The summed E-state index contributed by atoms with van der Waals surface area (Å²) in [5.74, 6) is 0.284. The van der Waals surface area contributed by atoms with E-state index in [2.05, 4.69) is 5.32 Å². The molecule has 1 fully saturated rings. The predicted octanol–water partition coefficient (Wildman–Crippen LogP) is 2.36. The molecule has 0 unspecified atom stereocenters. The summed E-state index contributed by atoms with van der Waals surface area (Å²) in [4.78, 5) is 11.8. The highest BCUT2D eigenvalue weighted by Crippen LogP contribution is 2.24. The van der Waals surface area contributed by atoms with Gasteiger partial charge < -0.3 is 10.1 Å². The van der Waals surface area contributed by atoms with Crippen molar-refractivity contribution >= 4 is 25.6 Å². The lowest BCUT2D eigenvalue weighted by Crippen LogP contribution is -2.36. The number of nitrogens with one attached hydrogen (secondary N) is 1. The lowest BCUT2D eigenvalue weighted by Gasteiger charge is -2.13. The number of halogens is 1. The molecule has 0 heterocycles. The zero-order valence-electron chi connectivity index (χ0n) is 11.8. The summed E-state index contributed by atoms with van der Waals surface area (Å²) in [5.41, 5.74) is 0.485. The Kier molecular flexibility index (Phi) is 5.11. The molecule has 0 spiro atoms. The molecular weight excluding hydrogens is 314 g/mol. The zero-order chi connectivity index (χ0) is 15.5. The Bertz CT molecular complexity index is 624. The summed E-state index contributed by atoms with van der Waals surface area (Å²) < 4.78 is 27.9. The van der Waals surface area contributed by atoms with Crippen molar-refractivity contribution < 1.29 is 17.9 Å². The fourth-order valence-electron chi connectivity index (χ4n) is 2.47. The standard InChI is InChI=1S/C14H18ClNO4S/c1-10-8-12(6-7-13(10)21(15,18)19)20-9-14(17)16-11-4-2-3-5-11/h6-8,11H,2-5,9H2,1H3,(H,16,17). The first-order valence-electron chi connectivity index (χ1n) is 6.84. The molecule has 0 saturated heterocycles. The van der Waals surface area contributed by atoms with Crippen molar-refractivity contribution in [1.29, 1.82) is 0 Å². The van der Waals surface area contributed by atoms with Gasteiger partial charge in [-0.05, 0) is 43.5 Å². The SMILES string of the molecule is Cc1cc(OCC(=O)NC2CCCC2)ccc1S(=O)(=O)Cl. The van der Waals surface area contributed by atoms with Crippen LogP contribution in [0, 0.1) is 6.92 Å². The van der Waals surface area contributed by atoms with Crippen LogP contribution in [0.1, 0.15) is 31.2 Å². The van der Waals surface area contributed by atoms with Gasteiger partial charge in [0.1, 0.15) is 5.75 Å². The maximum atomic E-state index is 11.7.